The van der Waals surface area contributed by atoms with Crippen LogP contribution in [0, 0.1) is 5.92 Å². The maximum atomic E-state index is 9.22. The molecule has 1 N–H and O–H groups in total. The van der Waals surface area contributed by atoms with Crippen LogP contribution in [-0.2, 0) is 6.42 Å². The molecule has 0 aromatic heterocycles. The Labute approximate surface area is 127 Å². The van der Waals surface area contributed by atoms with Gasteiger partial charge in [-0.1, -0.05) is 74.5 Å². The fraction of sp³-hybridized carbons (Fsp3) is 0.200. The van der Waals surface area contributed by atoms with Crippen LogP contribution in [-0.4, -0.2) is 5.11 Å². The lowest BCUT2D eigenvalue weighted by Crippen LogP contribution is -1.93. The van der Waals surface area contributed by atoms with Gasteiger partial charge in [-0.25, -0.2) is 0 Å². The molecule has 2 rings (SSSR count). The highest BCUT2D eigenvalue weighted by molar-refractivity contribution is 5.57. The highest BCUT2D eigenvalue weighted by Crippen LogP contribution is 2.12. The monoisotopic (exact) mass is 278 g/mol. The van der Waals surface area contributed by atoms with E-state index in [0.29, 0.717) is 11.7 Å². The number of hydrogen-bond acceptors (Lipinski definition) is 1. The Kier molecular flexibility index (Phi) is 5.39. The second kappa shape index (κ2) is 7.49. The SMILES string of the molecule is CC(C)Cc1ccc(C=CC=Cc2ccc(O)cc2)cc1. The smallest absolute Gasteiger partial charge is 0.115 e. The molecule has 108 valence electrons. The van der Waals surface area contributed by atoms with Gasteiger partial charge in [0.2, 0.25) is 0 Å². The standard InChI is InChI=1S/C20H22O/c1-16(2)15-19-9-7-17(8-10-19)5-3-4-6-18-11-13-20(21)14-12-18/h3-14,16,21H,15H2,1-2H3. The van der Waals surface area contributed by atoms with Crippen molar-refractivity contribution in [2.45, 2.75) is 20.3 Å². The Balaban J connectivity index is 1.93. The molecule has 2 aromatic carbocycles. The quantitative estimate of drug-likeness (QED) is 0.734. The number of benzene rings is 2. The van der Waals surface area contributed by atoms with E-state index in [4.69, 9.17) is 0 Å². The minimum absolute atomic E-state index is 0.296. The third kappa shape index (κ3) is 5.31. The first-order chi connectivity index (χ1) is 10.1. The summed E-state index contributed by atoms with van der Waals surface area (Å²) in [5.74, 6) is 0.990. The molecule has 0 fully saturated rings. The predicted molar refractivity (Wildman–Crippen MR) is 91.2 cm³/mol. The zero-order chi connectivity index (χ0) is 15.1. The Bertz CT molecular complexity index is 601. The summed E-state index contributed by atoms with van der Waals surface area (Å²) in [6.45, 7) is 4.48. The lowest BCUT2D eigenvalue weighted by atomic mass is 10.0. The van der Waals surface area contributed by atoms with Gasteiger partial charge in [-0.3, -0.25) is 0 Å². The van der Waals surface area contributed by atoms with Crippen LogP contribution >= 0.6 is 0 Å². The molecular formula is C20H22O. The molecule has 0 unspecified atom stereocenters. The Morgan fingerprint density at radius 2 is 1.29 bits per heavy atom. The molecular weight excluding hydrogens is 256 g/mol. The van der Waals surface area contributed by atoms with E-state index in [2.05, 4.69) is 44.2 Å². The van der Waals surface area contributed by atoms with Crippen LogP contribution in [0.25, 0.3) is 12.2 Å². The van der Waals surface area contributed by atoms with Gasteiger partial charge in [0.25, 0.3) is 0 Å². The Morgan fingerprint density at radius 1 is 0.810 bits per heavy atom. The van der Waals surface area contributed by atoms with Crippen molar-refractivity contribution < 1.29 is 5.11 Å². The first-order valence-corrected chi connectivity index (χ1v) is 7.36. The Morgan fingerprint density at radius 3 is 1.76 bits per heavy atom. The van der Waals surface area contributed by atoms with Crippen molar-refractivity contribution in [1.29, 1.82) is 0 Å². The van der Waals surface area contributed by atoms with Crippen LogP contribution < -0.4 is 0 Å². The molecule has 0 aliphatic carbocycles. The lowest BCUT2D eigenvalue weighted by molar-refractivity contribution is 0.475. The van der Waals surface area contributed by atoms with Crippen LogP contribution in [0.5, 0.6) is 5.75 Å². The van der Waals surface area contributed by atoms with Crippen LogP contribution in [0.3, 0.4) is 0 Å². The molecule has 0 heterocycles. The summed E-state index contributed by atoms with van der Waals surface area (Å²) < 4.78 is 0. The van der Waals surface area contributed by atoms with Crippen LogP contribution in [0.15, 0.2) is 60.7 Å². The average molecular weight is 278 g/mol. The fourth-order valence-corrected chi connectivity index (χ4v) is 2.16. The van der Waals surface area contributed by atoms with E-state index in [1.54, 1.807) is 12.1 Å². The molecule has 0 saturated heterocycles. The molecule has 21 heavy (non-hydrogen) atoms. The van der Waals surface area contributed by atoms with Crippen molar-refractivity contribution in [3.63, 3.8) is 0 Å². The molecule has 0 saturated carbocycles. The third-order valence-electron chi connectivity index (χ3n) is 3.21. The predicted octanol–water partition coefficient (Wildman–Crippen LogP) is 5.32. The van der Waals surface area contributed by atoms with Gasteiger partial charge in [0.05, 0.1) is 0 Å². The summed E-state index contributed by atoms with van der Waals surface area (Å²) in [7, 11) is 0. The average Bonchev–Trinajstić information content (AvgIpc) is 2.46. The molecule has 0 spiro atoms. The van der Waals surface area contributed by atoms with Gasteiger partial charge >= 0.3 is 0 Å². The summed E-state index contributed by atoms with van der Waals surface area (Å²) in [4.78, 5) is 0. The van der Waals surface area contributed by atoms with E-state index in [0.717, 1.165) is 12.0 Å². The van der Waals surface area contributed by atoms with Gasteiger partial charge in [-0.05, 0) is 41.2 Å². The molecule has 0 aliphatic heterocycles. The summed E-state index contributed by atoms with van der Waals surface area (Å²) in [6, 6.07) is 15.9. The number of aromatic hydroxyl groups is 1. The van der Waals surface area contributed by atoms with Crippen molar-refractivity contribution in [2.75, 3.05) is 0 Å². The van der Waals surface area contributed by atoms with Gasteiger partial charge in [0.15, 0.2) is 0 Å². The molecule has 2 aromatic rings. The van der Waals surface area contributed by atoms with Crippen molar-refractivity contribution in [3.05, 3.63) is 77.4 Å². The normalized spacial score (nSPS) is 11.8. The molecule has 0 aliphatic rings. The van der Waals surface area contributed by atoms with E-state index in [9.17, 15) is 5.11 Å². The van der Waals surface area contributed by atoms with E-state index in [1.807, 2.05) is 30.4 Å². The third-order valence-corrected chi connectivity index (χ3v) is 3.21. The maximum Gasteiger partial charge on any atom is 0.115 e. The highest BCUT2D eigenvalue weighted by atomic mass is 16.3. The van der Waals surface area contributed by atoms with Gasteiger partial charge in [0.1, 0.15) is 5.75 Å². The maximum absolute atomic E-state index is 9.22. The van der Waals surface area contributed by atoms with Crippen molar-refractivity contribution in [2.24, 2.45) is 5.92 Å². The van der Waals surface area contributed by atoms with Crippen molar-refractivity contribution in [1.82, 2.24) is 0 Å². The zero-order valence-electron chi connectivity index (χ0n) is 12.7. The number of allylic oxidation sites excluding steroid dienone is 2. The second-order valence-corrected chi connectivity index (χ2v) is 5.65. The molecule has 1 heteroatoms. The fourth-order valence-electron chi connectivity index (χ4n) is 2.16. The first-order valence-electron chi connectivity index (χ1n) is 7.36. The van der Waals surface area contributed by atoms with Gasteiger partial charge < -0.3 is 5.11 Å². The number of phenols is 1. The van der Waals surface area contributed by atoms with Crippen LogP contribution in [0.2, 0.25) is 0 Å². The number of hydrogen-bond donors (Lipinski definition) is 1. The number of rotatable bonds is 5. The van der Waals surface area contributed by atoms with E-state index in [-0.39, 0.29) is 0 Å². The number of phenolic OH excluding ortho intramolecular Hbond substituents is 1. The van der Waals surface area contributed by atoms with Gasteiger partial charge in [-0.2, -0.15) is 0 Å². The minimum atomic E-state index is 0.296. The van der Waals surface area contributed by atoms with Crippen molar-refractivity contribution in [3.8, 4) is 5.75 Å². The van der Waals surface area contributed by atoms with Crippen LogP contribution in [0.4, 0.5) is 0 Å². The topological polar surface area (TPSA) is 20.2 Å². The molecule has 0 radical (unpaired) electrons. The largest absolute Gasteiger partial charge is 0.508 e. The van der Waals surface area contributed by atoms with E-state index in [1.165, 1.54) is 11.1 Å². The highest BCUT2D eigenvalue weighted by Gasteiger charge is 1.96. The Hall–Kier alpha value is -2.28. The molecule has 1 nitrogen and oxygen atoms in total. The minimum Gasteiger partial charge on any atom is -0.508 e. The lowest BCUT2D eigenvalue weighted by Gasteiger charge is -2.04. The summed E-state index contributed by atoms with van der Waals surface area (Å²) in [6.07, 6.45) is 9.28. The summed E-state index contributed by atoms with van der Waals surface area (Å²) in [5.41, 5.74) is 3.67. The van der Waals surface area contributed by atoms with Crippen LogP contribution in [0.1, 0.15) is 30.5 Å². The summed E-state index contributed by atoms with van der Waals surface area (Å²) >= 11 is 0. The van der Waals surface area contributed by atoms with Gasteiger partial charge in [-0.15, -0.1) is 0 Å². The zero-order valence-corrected chi connectivity index (χ0v) is 12.7. The van der Waals surface area contributed by atoms with Gasteiger partial charge in [0, 0.05) is 0 Å². The molecule has 0 atom stereocenters. The van der Waals surface area contributed by atoms with E-state index >= 15 is 0 Å². The van der Waals surface area contributed by atoms with Crippen molar-refractivity contribution >= 4 is 12.2 Å². The second-order valence-electron chi connectivity index (χ2n) is 5.65. The summed E-state index contributed by atoms with van der Waals surface area (Å²) in [5, 5.41) is 9.22. The molecule has 0 amide bonds. The molecule has 0 bridgehead atoms. The van der Waals surface area contributed by atoms with E-state index < -0.39 is 0 Å². The first kappa shape index (κ1) is 15.1.